The standard InChI is InChI=1S/C17H21N3O4/c1-17(2,10-12-6-4-5-7-13(12)24-3)16(23)18-14-8-9-20(19-14)11-15(21)22/h4-9H,10-11H2,1-3H3,(H,21,22)(H,18,19,23). The maximum absolute atomic E-state index is 12.6. The first kappa shape index (κ1) is 17.5. The number of nitrogens with one attached hydrogen (secondary N) is 1. The van der Waals surface area contributed by atoms with Gasteiger partial charge in [0.15, 0.2) is 5.82 Å². The summed E-state index contributed by atoms with van der Waals surface area (Å²) in [4.78, 5) is 23.2. The second-order valence-corrected chi connectivity index (χ2v) is 6.12. The van der Waals surface area contributed by atoms with E-state index in [4.69, 9.17) is 9.84 Å². The minimum absolute atomic E-state index is 0.200. The third-order valence-electron chi connectivity index (χ3n) is 3.62. The molecule has 7 nitrogen and oxygen atoms in total. The fraction of sp³-hybridized carbons (Fsp3) is 0.353. The smallest absolute Gasteiger partial charge is 0.325 e. The van der Waals surface area contributed by atoms with Gasteiger partial charge in [0.1, 0.15) is 12.3 Å². The highest BCUT2D eigenvalue weighted by Crippen LogP contribution is 2.28. The normalized spacial score (nSPS) is 11.1. The van der Waals surface area contributed by atoms with Crippen molar-refractivity contribution in [2.24, 2.45) is 5.41 Å². The number of hydrogen-bond acceptors (Lipinski definition) is 4. The van der Waals surface area contributed by atoms with E-state index in [0.29, 0.717) is 12.2 Å². The van der Waals surface area contributed by atoms with E-state index in [1.165, 1.54) is 10.9 Å². The lowest BCUT2D eigenvalue weighted by molar-refractivity contribution is -0.137. The van der Waals surface area contributed by atoms with Crippen LogP contribution in [0, 0.1) is 5.41 Å². The molecule has 0 aliphatic heterocycles. The van der Waals surface area contributed by atoms with Crippen molar-refractivity contribution in [3.63, 3.8) is 0 Å². The summed E-state index contributed by atoms with van der Waals surface area (Å²) in [5.74, 6) is -0.125. The lowest BCUT2D eigenvalue weighted by atomic mass is 9.84. The largest absolute Gasteiger partial charge is 0.496 e. The monoisotopic (exact) mass is 331 g/mol. The first-order chi connectivity index (χ1) is 11.3. The molecule has 1 aromatic heterocycles. The van der Waals surface area contributed by atoms with Gasteiger partial charge in [-0.3, -0.25) is 14.3 Å². The van der Waals surface area contributed by atoms with Gasteiger partial charge in [-0.05, 0) is 18.1 Å². The Hall–Kier alpha value is -2.83. The van der Waals surface area contributed by atoms with Crippen LogP contribution in [0.3, 0.4) is 0 Å². The first-order valence-electron chi connectivity index (χ1n) is 7.50. The van der Waals surface area contributed by atoms with E-state index in [2.05, 4.69) is 10.4 Å². The number of ether oxygens (including phenoxy) is 1. The van der Waals surface area contributed by atoms with Gasteiger partial charge >= 0.3 is 5.97 Å². The highest BCUT2D eigenvalue weighted by Gasteiger charge is 2.29. The number of carboxylic acid groups (broad SMARTS) is 1. The average Bonchev–Trinajstić information content (AvgIpc) is 2.93. The number of benzene rings is 1. The fourth-order valence-electron chi connectivity index (χ4n) is 2.35. The Morgan fingerprint density at radius 1 is 1.29 bits per heavy atom. The number of anilines is 1. The number of para-hydroxylation sites is 1. The zero-order valence-corrected chi connectivity index (χ0v) is 13.9. The molecule has 0 aliphatic carbocycles. The van der Waals surface area contributed by atoms with Crippen LogP contribution in [0.25, 0.3) is 0 Å². The Bertz CT molecular complexity index is 737. The summed E-state index contributed by atoms with van der Waals surface area (Å²) in [6, 6.07) is 9.14. The number of amides is 1. The van der Waals surface area contributed by atoms with Crippen LogP contribution in [0.4, 0.5) is 5.82 Å². The number of rotatable bonds is 7. The molecule has 0 bridgehead atoms. The lowest BCUT2D eigenvalue weighted by Crippen LogP contribution is -2.33. The molecule has 0 aliphatic rings. The molecule has 0 fully saturated rings. The molecule has 2 aromatic rings. The maximum atomic E-state index is 12.6. The summed E-state index contributed by atoms with van der Waals surface area (Å²) >= 11 is 0. The molecule has 1 heterocycles. The molecule has 1 aromatic carbocycles. The topological polar surface area (TPSA) is 93.5 Å². The van der Waals surface area contributed by atoms with Crippen LogP contribution in [-0.4, -0.2) is 33.9 Å². The van der Waals surface area contributed by atoms with Crippen molar-refractivity contribution in [1.29, 1.82) is 0 Å². The van der Waals surface area contributed by atoms with Crippen LogP contribution in [0.15, 0.2) is 36.5 Å². The van der Waals surface area contributed by atoms with Crippen molar-refractivity contribution in [1.82, 2.24) is 9.78 Å². The molecule has 0 atom stereocenters. The van der Waals surface area contributed by atoms with Crippen molar-refractivity contribution < 1.29 is 19.4 Å². The van der Waals surface area contributed by atoms with Crippen LogP contribution in [0.5, 0.6) is 5.75 Å². The zero-order valence-electron chi connectivity index (χ0n) is 13.9. The van der Waals surface area contributed by atoms with E-state index >= 15 is 0 Å². The number of aromatic nitrogens is 2. The number of nitrogens with zero attached hydrogens (tertiary/aromatic N) is 2. The summed E-state index contributed by atoms with van der Waals surface area (Å²) < 4.78 is 6.58. The second-order valence-electron chi connectivity index (χ2n) is 6.12. The first-order valence-corrected chi connectivity index (χ1v) is 7.50. The molecule has 0 saturated carbocycles. The molecule has 0 radical (unpaired) electrons. The van der Waals surface area contributed by atoms with E-state index < -0.39 is 11.4 Å². The van der Waals surface area contributed by atoms with E-state index in [1.54, 1.807) is 13.2 Å². The van der Waals surface area contributed by atoms with Crippen molar-refractivity contribution in [2.75, 3.05) is 12.4 Å². The maximum Gasteiger partial charge on any atom is 0.325 e. The highest BCUT2D eigenvalue weighted by atomic mass is 16.5. The van der Waals surface area contributed by atoms with E-state index in [-0.39, 0.29) is 12.5 Å². The summed E-state index contributed by atoms with van der Waals surface area (Å²) in [7, 11) is 1.60. The van der Waals surface area contributed by atoms with Crippen molar-refractivity contribution in [3.05, 3.63) is 42.1 Å². The van der Waals surface area contributed by atoms with Crippen molar-refractivity contribution >= 4 is 17.7 Å². The van der Waals surface area contributed by atoms with Crippen LogP contribution in [0.1, 0.15) is 19.4 Å². The zero-order chi connectivity index (χ0) is 17.7. The molecular formula is C17H21N3O4. The van der Waals surface area contributed by atoms with Crippen LogP contribution in [-0.2, 0) is 22.6 Å². The van der Waals surface area contributed by atoms with Gasteiger partial charge in [-0.1, -0.05) is 32.0 Å². The van der Waals surface area contributed by atoms with Gasteiger partial charge in [-0.15, -0.1) is 0 Å². The Morgan fingerprint density at radius 3 is 2.67 bits per heavy atom. The molecule has 128 valence electrons. The number of aliphatic carboxylic acids is 1. The van der Waals surface area contributed by atoms with Crippen LogP contribution >= 0.6 is 0 Å². The molecular weight excluding hydrogens is 310 g/mol. The summed E-state index contributed by atoms with van der Waals surface area (Å²) in [6.07, 6.45) is 2.01. The van der Waals surface area contributed by atoms with Crippen LogP contribution < -0.4 is 10.1 Å². The Kier molecular flexibility index (Phi) is 5.23. The quantitative estimate of drug-likeness (QED) is 0.811. The number of methoxy groups -OCH3 is 1. The van der Waals surface area contributed by atoms with Gasteiger partial charge < -0.3 is 15.2 Å². The predicted molar refractivity (Wildman–Crippen MR) is 89.0 cm³/mol. The Balaban J connectivity index is 2.07. The van der Waals surface area contributed by atoms with Gasteiger partial charge in [-0.2, -0.15) is 5.10 Å². The predicted octanol–water partition coefficient (Wildman–Crippen LogP) is 2.18. The molecule has 2 N–H and O–H groups in total. The number of hydrogen-bond donors (Lipinski definition) is 2. The molecule has 24 heavy (non-hydrogen) atoms. The molecule has 2 rings (SSSR count). The van der Waals surface area contributed by atoms with E-state index in [0.717, 1.165) is 11.3 Å². The second kappa shape index (κ2) is 7.16. The van der Waals surface area contributed by atoms with E-state index in [9.17, 15) is 9.59 Å². The van der Waals surface area contributed by atoms with Gasteiger partial charge in [-0.25, -0.2) is 0 Å². The van der Waals surface area contributed by atoms with E-state index in [1.807, 2.05) is 38.1 Å². The lowest BCUT2D eigenvalue weighted by Gasteiger charge is -2.24. The molecule has 0 unspecified atom stereocenters. The van der Waals surface area contributed by atoms with Gasteiger partial charge in [0.25, 0.3) is 0 Å². The van der Waals surface area contributed by atoms with Crippen molar-refractivity contribution in [3.8, 4) is 5.75 Å². The third kappa shape index (κ3) is 4.34. The molecule has 0 saturated heterocycles. The van der Waals surface area contributed by atoms with Crippen LogP contribution in [0.2, 0.25) is 0 Å². The highest BCUT2D eigenvalue weighted by molar-refractivity contribution is 5.94. The molecule has 1 amide bonds. The Labute approximate surface area is 140 Å². The third-order valence-corrected chi connectivity index (χ3v) is 3.62. The van der Waals surface area contributed by atoms with Crippen molar-refractivity contribution in [2.45, 2.75) is 26.8 Å². The minimum atomic E-state index is -0.993. The van der Waals surface area contributed by atoms with Gasteiger partial charge in [0.2, 0.25) is 5.91 Å². The van der Waals surface area contributed by atoms with Gasteiger partial charge in [0.05, 0.1) is 7.11 Å². The Morgan fingerprint density at radius 2 is 2.00 bits per heavy atom. The number of carboxylic acids is 1. The summed E-state index contributed by atoms with van der Waals surface area (Å²) in [5.41, 5.74) is 0.252. The summed E-state index contributed by atoms with van der Waals surface area (Å²) in [6.45, 7) is 3.42. The molecule has 7 heteroatoms. The minimum Gasteiger partial charge on any atom is -0.496 e. The molecule has 0 spiro atoms. The van der Waals surface area contributed by atoms with Gasteiger partial charge in [0, 0.05) is 17.7 Å². The average molecular weight is 331 g/mol. The number of carbonyl (C=O) groups is 2. The SMILES string of the molecule is COc1ccccc1CC(C)(C)C(=O)Nc1ccn(CC(=O)O)n1. The number of carbonyl (C=O) groups excluding carboxylic acids is 1. The summed E-state index contributed by atoms with van der Waals surface area (Å²) in [5, 5.41) is 15.5. The fourth-order valence-corrected chi connectivity index (χ4v) is 2.35.